The highest BCUT2D eigenvalue weighted by Gasteiger charge is 2.08. The minimum Gasteiger partial charge on any atom is -0.496 e. The second-order valence-electron chi connectivity index (χ2n) is 4.22. The molecule has 0 saturated carbocycles. The Kier molecular flexibility index (Phi) is 7.32. The molecular weight excluding hydrogens is 294 g/mol. The zero-order chi connectivity index (χ0) is 13.4. The molecule has 0 aliphatic rings. The van der Waals surface area contributed by atoms with Gasteiger partial charge in [0.05, 0.1) is 18.2 Å². The van der Waals surface area contributed by atoms with Crippen molar-refractivity contribution in [2.75, 3.05) is 27.4 Å². The molecule has 0 saturated heterocycles. The number of aryl methyl sites for hydroxylation is 1. The van der Waals surface area contributed by atoms with Crippen LogP contribution in [0.3, 0.4) is 0 Å². The first-order valence-corrected chi connectivity index (χ1v) is 7.05. The van der Waals surface area contributed by atoms with E-state index >= 15 is 0 Å². The fraction of sp³-hybridized carbons (Fsp3) is 0.571. The van der Waals surface area contributed by atoms with Crippen LogP contribution in [0.15, 0.2) is 22.7 Å². The van der Waals surface area contributed by atoms with Gasteiger partial charge in [-0.2, -0.15) is 0 Å². The summed E-state index contributed by atoms with van der Waals surface area (Å²) in [5.41, 5.74) is 1.31. The predicted octanol–water partition coefficient (Wildman–Crippen LogP) is 3.01. The van der Waals surface area contributed by atoms with Crippen molar-refractivity contribution in [2.24, 2.45) is 0 Å². The van der Waals surface area contributed by atoms with E-state index in [4.69, 9.17) is 9.47 Å². The zero-order valence-electron chi connectivity index (χ0n) is 11.3. The molecule has 3 nitrogen and oxygen atoms in total. The molecule has 0 fully saturated rings. The Morgan fingerprint density at radius 1 is 1.33 bits per heavy atom. The molecule has 0 spiro atoms. The maximum atomic E-state index is 5.22. The Morgan fingerprint density at radius 2 is 2.11 bits per heavy atom. The lowest BCUT2D eigenvalue weighted by molar-refractivity contribution is 0.163. The van der Waals surface area contributed by atoms with E-state index in [1.165, 1.54) is 5.56 Å². The molecule has 1 aromatic rings. The average molecular weight is 316 g/mol. The first-order chi connectivity index (χ1) is 8.71. The zero-order valence-corrected chi connectivity index (χ0v) is 12.9. The third kappa shape index (κ3) is 4.96. The van der Waals surface area contributed by atoms with E-state index in [9.17, 15) is 0 Å². The number of hydrogen-bond acceptors (Lipinski definition) is 3. The second-order valence-corrected chi connectivity index (χ2v) is 5.07. The van der Waals surface area contributed by atoms with Crippen molar-refractivity contribution in [3.05, 3.63) is 28.2 Å². The van der Waals surface area contributed by atoms with Crippen LogP contribution >= 0.6 is 15.9 Å². The van der Waals surface area contributed by atoms with E-state index in [0.717, 1.165) is 36.2 Å². The monoisotopic (exact) mass is 315 g/mol. The lowest BCUT2D eigenvalue weighted by Gasteiger charge is -2.17. The van der Waals surface area contributed by atoms with Crippen LogP contribution in [0.2, 0.25) is 0 Å². The SMILES string of the molecule is CCNC(CCc1ccc(OC)c(Br)c1)COC. The van der Waals surface area contributed by atoms with Crippen LogP contribution in [-0.4, -0.2) is 33.4 Å². The molecule has 0 bridgehead atoms. The van der Waals surface area contributed by atoms with Crippen LogP contribution < -0.4 is 10.1 Å². The van der Waals surface area contributed by atoms with Gasteiger partial charge in [0.2, 0.25) is 0 Å². The van der Waals surface area contributed by atoms with E-state index in [0.29, 0.717) is 6.04 Å². The van der Waals surface area contributed by atoms with Crippen molar-refractivity contribution in [1.29, 1.82) is 0 Å². The van der Waals surface area contributed by atoms with Crippen molar-refractivity contribution in [2.45, 2.75) is 25.8 Å². The molecule has 1 atom stereocenters. The Balaban J connectivity index is 2.53. The fourth-order valence-electron chi connectivity index (χ4n) is 1.94. The van der Waals surface area contributed by atoms with E-state index < -0.39 is 0 Å². The Hall–Kier alpha value is -0.580. The average Bonchev–Trinajstić information content (AvgIpc) is 2.36. The summed E-state index contributed by atoms with van der Waals surface area (Å²) in [4.78, 5) is 0. The predicted molar refractivity (Wildman–Crippen MR) is 78.4 cm³/mol. The minimum absolute atomic E-state index is 0.417. The van der Waals surface area contributed by atoms with Gasteiger partial charge in [0.1, 0.15) is 5.75 Å². The maximum Gasteiger partial charge on any atom is 0.133 e. The van der Waals surface area contributed by atoms with Gasteiger partial charge in [-0.05, 0) is 53.0 Å². The highest BCUT2D eigenvalue weighted by atomic mass is 79.9. The molecule has 1 N–H and O–H groups in total. The molecule has 1 rings (SSSR count). The van der Waals surface area contributed by atoms with Crippen molar-refractivity contribution < 1.29 is 9.47 Å². The van der Waals surface area contributed by atoms with Crippen LogP contribution in [0, 0.1) is 0 Å². The van der Waals surface area contributed by atoms with Gasteiger partial charge in [0, 0.05) is 13.2 Å². The van der Waals surface area contributed by atoms with Crippen LogP contribution in [0.1, 0.15) is 18.9 Å². The topological polar surface area (TPSA) is 30.5 Å². The summed E-state index contributed by atoms with van der Waals surface area (Å²) in [6.07, 6.45) is 2.10. The molecule has 0 radical (unpaired) electrons. The van der Waals surface area contributed by atoms with E-state index in [1.54, 1.807) is 14.2 Å². The lowest BCUT2D eigenvalue weighted by atomic mass is 10.1. The fourth-order valence-corrected chi connectivity index (χ4v) is 2.53. The Morgan fingerprint density at radius 3 is 2.67 bits per heavy atom. The molecule has 0 aliphatic carbocycles. The van der Waals surface area contributed by atoms with Gasteiger partial charge in [0.25, 0.3) is 0 Å². The van der Waals surface area contributed by atoms with Crippen molar-refractivity contribution >= 4 is 15.9 Å². The highest BCUT2D eigenvalue weighted by molar-refractivity contribution is 9.10. The molecule has 4 heteroatoms. The van der Waals surface area contributed by atoms with Gasteiger partial charge >= 0.3 is 0 Å². The molecular formula is C14H22BrNO2. The largest absolute Gasteiger partial charge is 0.496 e. The smallest absolute Gasteiger partial charge is 0.133 e. The normalized spacial score (nSPS) is 12.4. The number of benzene rings is 1. The van der Waals surface area contributed by atoms with Crippen LogP contribution in [-0.2, 0) is 11.2 Å². The number of methoxy groups -OCH3 is 2. The van der Waals surface area contributed by atoms with Crippen LogP contribution in [0.4, 0.5) is 0 Å². The van der Waals surface area contributed by atoms with E-state index in [2.05, 4.69) is 40.3 Å². The molecule has 0 aromatic heterocycles. The van der Waals surface area contributed by atoms with Crippen molar-refractivity contribution in [3.63, 3.8) is 0 Å². The van der Waals surface area contributed by atoms with Gasteiger partial charge in [-0.1, -0.05) is 13.0 Å². The summed E-state index contributed by atoms with van der Waals surface area (Å²) in [5, 5.41) is 3.43. The summed E-state index contributed by atoms with van der Waals surface area (Å²) in [6.45, 7) is 3.85. The van der Waals surface area contributed by atoms with Crippen molar-refractivity contribution in [1.82, 2.24) is 5.32 Å². The van der Waals surface area contributed by atoms with Gasteiger partial charge in [-0.3, -0.25) is 0 Å². The quantitative estimate of drug-likeness (QED) is 0.800. The van der Waals surface area contributed by atoms with E-state index in [1.807, 2.05) is 6.07 Å². The van der Waals surface area contributed by atoms with Gasteiger partial charge < -0.3 is 14.8 Å². The number of rotatable bonds is 8. The third-order valence-electron chi connectivity index (χ3n) is 2.86. The summed E-state index contributed by atoms with van der Waals surface area (Å²) in [5.74, 6) is 0.874. The molecule has 0 heterocycles. The lowest BCUT2D eigenvalue weighted by Crippen LogP contribution is -2.33. The van der Waals surface area contributed by atoms with Crippen LogP contribution in [0.5, 0.6) is 5.75 Å². The second kappa shape index (κ2) is 8.51. The number of hydrogen-bond donors (Lipinski definition) is 1. The maximum absolute atomic E-state index is 5.22. The summed E-state index contributed by atoms with van der Waals surface area (Å²) < 4.78 is 11.4. The number of likely N-dealkylation sites (N-methyl/N-ethyl adjacent to an activating group) is 1. The standard InChI is InChI=1S/C14H22BrNO2/c1-4-16-12(10-17-2)7-5-11-6-8-14(18-3)13(15)9-11/h6,8-9,12,16H,4-5,7,10H2,1-3H3. The number of ether oxygens (including phenoxy) is 2. The molecule has 0 aliphatic heterocycles. The molecule has 1 unspecified atom stereocenters. The minimum atomic E-state index is 0.417. The molecule has 1 aromatic carbocycles. The van der Waals surface area contributed by atoms with Crippen molar-refractivity contribution in [3.8, 4) is 5.75 Å². The van der Waals surface area contributed by atoms with Gasteiger partial charge in [-0.15, -0.1) is 0 Å². The molecule has 0 amide bonds. The number of nitrogens with one attached hydrogen (secondary N) is 1. The summed E-state index contributed by atoms with van der Waals surface area (Å²) in [7, 11) is 3.42. The van der Waals surface area contributed by atoms with Crippen LogP contribution in [0.25, 0.3) is 0 Å². The highest BCUT2D eigenvalue weighted by Crippen LogP contribution is 2.26. The van der Waals surface area contributed by atoms with Gasteiger partial charge in [-0.25, -0.2) is 0 Å². The Labute approximate surface area is 118 Å². The molecule has 18 heavy (non-hydrogen) atoms. The first-order valence-electron chi connectivity index (χ1n) is 6.26. The summed E-state index contributed by atoms with van der Waals surface area (Å²) >= 11 is 3.51. The first kappa shape index (κ1) is 15.5. The summed E-state index contributed by atoms with van der Waals surface area (Å²) in [6, 6.07) is 6.65. The Bertz CT molecular complexity index is 352. The number of halogens is 1. The third-order valence-corrected chi connectivity index (χ3v) is 3.48. The van der Waals surface area contributed by atoms with Gasteiger partial charge in [0.15, 0.2) is 0 Å². The molecule has 102 valence electrons. The van der Waals surface area contributed by atoms with E-state index in [-0.39, 0.29) is 0 Å².